The van der Waals surface area contributed by atoms with Gasteiger partial charge in [-0.2, -0.15) is 0 Å². The van der Waals surface area contributed by atoms with E-state index in [1.165, 1.54) is 0 Å². The van der Waals surface area contributed by atoms with Gasteiger partial charge in [0, 0.05) is 6.07 Å². The first-order valence-electron chi connectivity index (χ1n) is 5.82. The molecule has 0 aliphatic carbocycles. The van der Waals surface area contributed by atoms with Crippen molar-refractivity contribution in [2.24, 2.45) is 0 Å². The minimum Gasteiger partial charge on any atom is -0.497 e. The molecule has 1 rings (SSSR count). The van der Waals surface area contributed by atoms with Crippen molar-refractivity contribution in [3.63, 3.8) is 0 Å². The molecule has 0 aliphatic rings. The molecule has 1 aromatic rings. The Kier molecular flexibility index (Phi) is 5.17. The molecule has 1 atom stereocenters. The molecule has 0 aliphatic heterocycles. The third-order valence-corrected chi connectivity index (χ3v) is 2.47. The fourth-order valence-electron chi connectivity index (χ4n) is 1.41. The summed E-state index contributed by atoms with van der Waals surface area (Å²) in [6, 6.07) is 5.96. The first kappa shape index (κ1) is 12.9. The highest BCUT2D eigenvalue weighted by atomic mass is 16.5. The minimum atomic E-state index is 0.239. The molecule has 2 nitrogen and oxygen atoms in total. The normalized spacial score (nSPS) is 10.6. The first-order chi connectivity index (χ1) is 7.67. The van der Waals surface area contributed by atoms with Crippen molar-refractivity contribution in [1.82, 2.24) is 0 Å². The molecule has 1 unspecified atom stereocenters. The van der Waals surface area contributed by atoms with Gasteiger partial charge in [-0.05, 0) is 37.0 Å². The summed E-state index contributed by atoms with van der Waals surface area (Å²) in [6.45, 7) is 8.98. The molecule has 0 fully saturated rings. The maximum atomic E-state index is 5.67. The molecule has 0 amide bonds. The van der Waals surface area contributed by atoms with E-state index in [9.17, 15) is 0 Å². The molecule has 89 valence electrons. The third kappa shape index (κ3) is 3.76. The molecule has 16 heavy (non-hydrogen) atoms. The van der Waals surface area contributed by atoms with Gasteiger partial charge in [-0.1, -0.05) is 20.3 Å². The Balaban J connectivity index is 2.78. The van der Waals surface area contributed by atoms with Crippen LogP contribution in [0.4, 0.5) is 0 Å². The Hall–Kier alpha value is -1.18. The molecule has 0 bridgehead atoms. The van der Waals surface area contributed by atoms with Gasteiger partial charge >= 0.3 is 0 Å². The molecule has 1 radical (unpaired) electrons. The summed E-state index contributed by atoms with van der Waals surface area (Å²) in [4.78, 5) is 0. The van der Waals surface area contributed by atoms with Crippen LogP contribution in [0.3, 0.4) is 0 Å². The number of benzene rings is 1. The van der Waals surface area contributed by atoms with Gasteiger partial charge < -0.3 is 9.47 Å². The highest BCUT2D eigenvalue weighted by Crippen LogP contribution is 2.27. The zero-order valence-corrected chi connectivity index (χ0v) is 10.5. The summed E-state index contributed by atoms with van der Waals surface area (Å²) in [5, 5.41) is 0. The van der Waals surface area contributed by atoms with E-state index in [1.54, 1.807) is 7.11 Å². The van der Waals surface area contributed by atoms with Gasteiger partial charge in [0.25, 0.3) is 0 Å². The van der Waals surface area contributed by atoms with E-state index in [0.717, 1.165) is 36.5 Å². The molecule has 0 saturated carbocycles. The summed E-state index contributed by atoms with van der Waals surface area (Å²) in [5.41, 5.74) is 1.14. The summed E-state index contributed by atoms with van der Waals surface area (Å²) >= 11 is 0. The fourth-order valence-corrected chi connectivity index (χ4v) is 1.41. The SMILES string of the molecule is [CH2]C(C)c1cc(OC)cc(OCCCC)c1. The summed E-state index contributed by atoms with van der Waals surface area (Å²) in [7, 11) is 1.67. The smallest absolute Gasteiger partial charge is 0.123 e. The molecular weight excluding hydrogens is 200 g/mol. The minimum absolute atomic E-state index is 0.239. The second kappa shape index (κ2) is 6.41. The van der Waals surface area contributed by atoms with Crippen LogP contribution in [0.2, 0.25) is 0 Å². The molecule has 2 heteroatoms. The maximum Gasteiger partial charge on any atom is 0.123 e. The van der Waals surface area contributed by atoms with Crippen molar-refractivity contribution < 1.29 is 9.47 Å². The highest BCUT2D eigenvalue weighted by Gasteiger charge is 2.05. The number of unbranched alkanes of at least 4 members (excludes halogenated alkanes) is 1. The molecule has 0 spiro atoms. The zero-order chi connectivity index (χ0) is 12.0. The lowest BCUT2D eigenvalue weighted by Gasteiger charge is -2.12. The van der Waals surface area contributed by atoms with Crippen molar-refractivity contribution in [3.05, 3.63) is 30.7 Å². The highest BCUT2D eigenvalue weighted by molar-refractivity contribution is 5.40. The second-order valence-corrected chi connectivity index (χ2v) is 4.04. The molecule has 0 N–H and O–H groups in total. The zero-order valence-electron chi connectivity index (χ0n) is 10.5. The van der Waals surface area contributed by atoms with Crippen LogP contribution in [0, 0.1) is 6.92 Å². The van der Waals surface area contributed by atoms with Crippen LogP contribution in [0.5, 0.6) is 11.5 Å². The molecule has 0 aromatic heterocycles. The summed E-state index contributed by atoms with van der Waals surface area (Å²) in [5.74, 6) is 1.95. The Morgan fingerprint density at radius 3 is 2.50 bits per heavy atom. The second-order valence-electron chi connectivity index (χ2n) is 4.04. The predicted molar refractivity (Wildman–Crippen MR) is 67.2 cm³/mol. The van der Waals surface area contributed by atoms with Crippen molar-refractivity contribution in [1.29, 1.82) is 0 Å². The van der Waals surface area contributed by atoms with Gasteiger partial charge in [-0.3, -0.25) is 0 Å². The van der Waals surface area contributed by atoms with Gasteiger partial charge in [0.05, 0.1) is 13.7 Å². The van der Waals surface area contributed by atoms with Crippen LogP contribution in [0.25, 0.3) is 0 Å². The van der Waals surface area contributed by atoms with Gasteiger partial charge in [0.2, 0.25) is 0 Å². The quantitative estimate of drug-likeness (QED) is 0.680. The van der Waals surface area contributed by atoms with Gasteiger partial charge in [0.1, 0.15) is 11.5 Å². The van der Waals surface area contributed by atoms with Crippen molar-refractivity contribution >= 4 is 0 Å². The summed E-state index contributed by atoms with van der Waals surface area (Å²) < 4.78 is 10.9. The van der Waals surface area contributed by atoms with E-state index in [0.29, 0.717) is 0 Å². The summed E-state index contributed by atoms with van der Waals surface area (Å²) in [6.07, 6.45) is 2.22. The van der Waals surface area contributed by atoms with Gasteiger partial charge in [-0.25, -0.2) is 0 Å². The van der Waals surface area contributed by atoms with Crippen LogP contribution in [-0.2, 0) is 0 Å². The van der Waals surface area contributed by atoms with Gasteiger partial charge in [-0.15, -0.1) is 0 Å². The van der Waals surface area contributed by atoms with Crippen LogP contribution >= 0.6 is 0 Å². The van der Waals surface area contributed by atoms with Crippen molar-refractivity contribution in [2.45, 2.75) is 32.6 Å². The lowest BCUT2D eigenvalue weighted by Crippen LogP contribution is -1.98. The number of hydrogen-bond donors (Lipinski definition) is 0. The fraction of sp³-hybridized carbons (Fsp3) is 0.500. The Morgan fingerprint density at radius 2 is 1.94 bits per heavy atom. The average Bonchev–Trinajstić information content (AvgIpc) is 2.29. The van der Waals surface area contributed by atoms with E-state index in [-0.39, 0.29) is 5.92 Å². The molecular formula is C14H21O2. The van der Waals surface area contributed by atoms with Crippen LogP contribution < -0.4 is 9.47 Å². The van der Waals surface area contributed by atoms with Crippen molar-refractivity contribution in [3.8, 4) is 11.5 Å². The lowest BCUT2D eigenvalue weighted by molar-refractivity contribution is 0.306. The monoisotopic (exact) mass is 221 g/mol. The maximum absolute atomic E-state index is 5.67. The number of methoxy groups -OCH3 is 1. The van der Waals surface area contributed by atoms with E-state index in [4.69, 9.17) is 9.47 Å². The van der Waals surface area contributed by atoms with Gasteiger partial charge in [0.15, 0.2) is 0 Å². The first-order valence-corrected chi connectivity index (χ1v) is 5.82. The average molecular weight is 221 g/mol. The topological polar surface area (TPSA) is 18.5 Å². The molecule has 0 heterocycles. The third-order valence-electron chi connectivity index (χ3n) is 2.47. The van der Waals surface area contributed by atoms with Crippen LogP contribution in [0.1, 0.15) is 38.2 Å². The Bertz CT molecular complexity index is 319. The molecule has 1 aromatic carbocycles. The largest absolute Gasteiger partial charge is 0.497 e. The Labute approximate surface area is 98.6 Å². The standard InChI is InChI=1S/C14H21O2/c1-5-6-7-16-14-9-12(11(2)3)8-13(10-14)15-4/h8-11H,2,5-7H2,1,3-4H3. The lowest BCUT2D eigenvalue weighted by atomic mass is 10.0. The van der Waals surface area contributed by atoms with E-state index >= 15 is 0 Å². The predicted octanol–water partition coefficient (Wildman–Crippen LogP) is 3.81. The van der Waals surface area contributed by atoms with E-state index in [2.05, 4.69) is 20.8 Å². The number of rotatable bonds is 6. The number of hydrogen-bond acceptors (Lipinski definition) is 2. The van der Waals surface area contributed by atoms with E-state index in [1.807, 2.05) is 18.2 Å². The number of ether oxygens (including phenoxy) is 2. The molecule has 0 saturated heterocycles. The van der Waals surface area contributed by atoms with E-state index < -0.39 is 0 Å². The van der Waals surface area contributed by atoms with Crippen LogP contribution in [0.15, 0.2) is 18.2 Å². The van der Waals surface area contributed by atoms with Crippen LogP contribution in [-0.4, -0.2) is 13.7 Å². The van der Waals surface area contributed by atoms with Crippen molar-refractivity contribution in [2.75, 3.05) is 13.7 Å². The Morgan fingerprint density at radius 1 is 1.25 bits per heavy atom.